The van der Waals surface area contributed by atoms with Crippen LogP contribution < -0.4 is 10.2 Å². The first-order chi connectivity index (χ1) is 20.0. The summed E-state index contributed by atoms with van der Waals surface area (Å²) in [6.07, 6.45) is 9.48. The average Bonchev–Trinajstić information content (AvgIpc) is 2.99. The highest BCUT2D eigenvalue weighted by atomic mass is 35.5. The van der Waals surface area contributed by atoms with E-state index in [0.717, 1.165) is 0 Å². The Kier molecular flexibility index (Phi) is 14.9. The second-order valence-corrected chi connectivity index (χ2v) is 10.6. The molecule has 1 N–H and O–H groups in total. The lowest BCUT2D eigenvalue weighted by atomic mass is 10.2. The third kappa shape index (κ3) is 12.9. The van der Waals surface area contributed by atoms with Crippen LogP contribution in [0.25, 0.3) is 0 Å². The summed E-state index contributed by atoms with van der Waals surface area (Å²) in [7, 11) is 0. The van der Waals surface area contributed by atoms with Crippen molar-refractivity contribution in [3.63, 3.8) is 0 Å². The summed E-state index contributed by atoms with van der Waals surface area (Å²) in [6.45, 7) is 14.5. The van der Waals surface area contributed by atoms with Crippen LogP contribution in [-0.2, 0) is 14.2 Å². The molecule has 0 radical (unpaired) electrons. The van der Waals surface area contributed by atoms with Gasteiger partial charge in [0, 0.05) is 51.0 Å². The highest BCUT2D eigenvalue weighted by Gasteiger charge is 2.26. The van der Waals surface area contributed by atoms with Crippen LogP contribution in [0, 0.1) is 0 Å². The molecule has 0 unspecified atom stereocenters. The lowest BCUT2D eigenvalue weighted by Crippen LogP contribution is -2.50. The summed E-state index contributed by atoms with van der Waals surface area (Å²) in [5, 5.41) is 3.40. The maximum atomic E-state index is 12.0. The molecular formula is C28H42ClN7O6. The molecule has 14 heteroatoms. The summed E-state index contributed by atoms with van der Waals surface area (Å²) in [4.78, 5) is 54.0. The van der Waals surface area contributed by atoms with Gasteiger partial charge in [-0.05, 0) is 72.2 Å². The lowest BCUT2D eigenvalue weighted by Gasteiger charge is -2.35. The number of piperidine rings is 1. The first kappa shape index (κ1) is 34.6. The van der Waals surface area contributed by atoms with E-state index in [1.165, 1.54) is 57.1 Å². The van der Waals surface area contributed by atoms with E-state index in [9.17, 15) is 14.4 Å². The van der Waals surface area contributed by atoms with Crippen LogP contribution in [0.2, 0.25) is 5.28 Å². The molecule has 0 aromatic carbocycles. The van der Waals surface area contributed by atoms with Crippen molar-refractivity contribution in [2.75, 3.05) is 57.4 Å². The molecule has 0 saturated carbocycles. The van der Waals surface area contributed by atoms with Crippen LogP contribution in [0.15, 0.2) is 24.8 Å². The van der Waals surface area contributed by atoms with E-state index in [2.05, 4.69) is 25.3 Å². The fraction of sp³-hybridized carbons (Fsp3) is 0.607. The molecule has 4 rings (SSSR count). The molecule has 232 valence electrons. The minimum Gasteiger partial charge on any atom is -0.462 e. The summed E-state index contributed by atoms with van der Waals surface area (Å²) in [5.74, 6) is -0.333. The van der Waals surface area contributed by atoms with Crippen LogP contribution in [0.4, 0.5) is 10.7 Å². The number of nitrogens with zero attached hydrogens (tertiary/aromatic N) is 6. The van der Waals surface area contributed by atoms with Gasteiger partial charge in [-0.25, -0.2) is 34.3 Å². The lowest BCUT2D eigenvalue weighted by molar-refractivity contribution is 0.0239. The summed E-state index contributed by atoms with van der Waals surface area (Å²) < 4.78 is 15.0. The molecule has 2 fully saturated rings. The number of aromatic nitrogens is 4. The van der Waals surface area contributed by atoms with Crippen LogP contribution >= 0.6 is 11.6 Å². The highest BCUT2D eigenvalue weighted by Crippen LogP contribution is 2.15. The summed E-state index contributed by atoms with van der Waals surface area (Å²) in [5.41, 5.74) is 0.134. The Morgan fingerprint density at radius 3 is 1.67 bits per heavy atom. The van der Waals surface area contributed by atoms with Gasteiger partial charge >= 0.3 is 18.0 Å². The van der Waals surface area contributed by atoms with E-state index < -0.39 is 17.5 Å². The number of anilines is 1. The third-order valence-corrected chi connectivity index (χ3v) is 5.90. The van der Waals surface area contributed by atoms with Gasteiger partial charge in [0.25, 0.3) is 0 Å². The molecular weight excluding hydrogens is 566 g/mol. The Bertz CT molecular complexity index is 1090. The largest absolute Gasteiger partial charge is 0.462 e. The number of esters is 2. The topological polar surface area (TPSA) is 149 Å². The summed E-state index contributed by atoms with van der Waals surface area (Å²) in [6, 6.07) is 0. The molecule has 4 heterocycles. The van der Waals surface area contributed by atoms with Crippen LogP contribution in [0.5, 0.6) is 0 Å². The quantitative estimate of drug-likeness (QED) is 0.299. The van der Waals surface area contributed by atoms with E-state index >= 15 is 0 Å². The molecule has 2 aliphatic heterocycles. The van der Waals surface area contributed by atoms with Crippen LogP contribution in [-0.4, -0.2) is 101 Å². The summed E-state index contributed by atoms with van der Waals surface area (Å²) >= 11 is 5.42. The molecule has 0 atom stereocenters. The second-order valence-electron chi connectivity index (χ2n) is 10.2. The van der Waals surface area contributed by atoms with Gasteiger partial charge < -0.3 is 29.3 Å². The van der Waals surface area contributed by atoms with Crippen molar-refractivity contribution in [2.45, 2.75) is 59.5 Å². The predicted molar refractivity (Wildman–Crippen MR) is 158 cm³/mol. The number of hydrogen-bond acceptors (Lipinski definition) is 12. The second kappa shape index (κ2) is 18.1. The van der Waals surface area contributed by atoms with Gasteiger partial charge in [-0.2, -0.15) is 0 Å². The average molecular weight is 608 g/mol. The smallest absolute Gasteiger partial charge is 0.410 e. The molecule has 13 nitrogen and oxygen atoms in total. The first-order valence-electron chi connectivity index (χ1n) is 14.1. The zero-order valence-electron chi connectivity index (χ0n) is 25.1. The van der Waals surface area contributed by atoms with Crippen molar-refractivity contribution >= 4 is 35.6 Å². The maximum Gasteiger partial charge on any atom is 0.410 e. The maximum absolute atomic E-state index is 12.0. The Hall–Kier alpha value is -3.58. The van der Waals surface area contributed by atoms with Crippen molar-refractivity contribution in [3.8, 4) is 0 Å². The number of carbonyl (C=O) groups excluding carboxylic acids is 3. The van der Waals surface area contributed by atoms with Crippen LogP contribution in [0.1, 0.15) is 74.6 Å². The SMILES string of the molecule is C1CCNCC1.CCOC(=O)c1cnc(Cl)nc1.CCOC(=O)c1cnc(N2CCN(C(=O)OC(C)(C)C)CC2)nc1. The molecule has 2 aliphatic rings. The minimum absolute atomic E-state index is 0.114. The van der Waals surface area contributed by atoms with Gasteiger partial charge in [-0.3, -0.25) is 0 Å². The zero-order chi connectivity index (χ0) is 31.0. The normalized spacial score (nSPS) is 14.8. The van der Waals surface area contributed by atoms with E-state index in [-0.39, 0.29) is 11.4 Å². The van der Waals surface area contributed by atoms with Crippen molar-refractivity contribution in [1.29, 1.82) is 0 Å². The Labute approximate surface area is 252 Å². The zero-order valence-corrected chi connectivity index (χ0v) is 25.9. The molecule has 1 amide bonds. The molecule has 2 aromatic heterocycles. The van der Waals surface area contributed by atoms with Gasteiger partial charge in [0.2, 0.25) is 11.2 Å². The minimum atomic E-state index is -0.500. The number of amides is 1. The molecule has 0 bridgehead atoms. The molecule has 2 aromatic rings. The molecule has 0 aliphatic carbocycles. The Morgan fingerprint density at radius 1 is 0.810 bits per heavy atom. The van der Waals surface area contributed by atoms with Crippen molar-refractivity contribution in [2.24, 2.45) is 0 Å². The number of ether oxygens (including phenoxy) is 3. The van der Waals surface area contributed by atoms with E-state index in [1.807, 2.05) is 25.7 Å². The monoisotopic (exact) mass is 607 g/mol. The fourth-order valence-electron chi connectivity index (χ4n) is 3.65. The van der Waals surface area contributed by atoms with Crippen molar-refractivity contribution in [1.82, 2.24) is 30.2 Å². The standard InChI is InChI=1S/C16H24N4O4.C7H7ClN2O2.C5H11N/c1-5-23-13(21)12-10-17-14(18-11-12)19-6-8-20(9-7-19)15(22)24-16(2,3)4;1-2-12-6(11)5-3-9-7(8)10-4-5;1-2-4-6-5-3-1/h10-11H,5-9H2,1-4H3;3-4H,2H2,1H3;6H,1-5H2. The van der Waals surface area contributed by atoms with Gasteiger partial charge in [-0.15, -0.1) is 0 Å². The van der Waals surface area contributed by atoms with Crippen molar-refractivity contribution in [3.05, 3.63) is 41.2 Å². The molecule has 0 spiro atoms. The predicted octanol–water partition coefficient (Wildman–Crippen LogP) is 3.78. The number of nitrogens with one attached hydrogen (secondary N) is 1. The first-order valence-corrected chi connectivity index (χ1v) is 14.5. The molecule has 2 saturated heterocycles. The van der Waals surface area contributed by atoms with E-state index in [0.29, 0.717) is 56.5 Å². The van der Waals surface area contributed by atoms with Crippen molar-refractivity contribution < 1.29 is 28.6 Å². The number of rotatable bonds is 5. The number of halogens is 1. The van der Waals surface area contributed by atoms with Crippen LogP contribution in [0.3, 0.4) is 0 Å². The number of piperazine rings is 1. The highest BCUT2D eigenvalue weighted by molar-refractivity contribution is 6.28. The number of hydrogen-bond donors (Lipinski definition) is 1. The van der Waals surface area contributed by atoms with Gasteiger partial charge in [-0.1, -0.05) is 6.42 Å². The fourth-order valence-corrected chi connectivity index (χ4v) is 3.75. The van der Waals surface area contributed by atoms with Gasteiger partial charge in [0.05, 0.1) is 24.3 Å². The van der Waals surface area contributed by atoms with E-state index in [4.69, 9.17) is 25.8 Å². The van der Waals surface area contributed by atoms with Gasteiger partial charge in [0.15, 0.2) is 0 Å². The van der Waals surface area contributed by atoms with Gasteiger partial charge in [0.1, 0.15) is 5.60 Å². The Balaban J connectivity index is 0.000000280. The number of carbonyl (C=O) groups is 3. The Morgan fingerprint density at radius 2 is 1.29 bits per heavy atom. The molecule has 42 heavy (non-hydrogen) atoms. The van der Waals surface area contributed by atoms with E-state index in [1.54, 1.807) is 18.7 Å². The third-order valence-electron chi connectivity index (χ3n) is 5.70.